The molecule has 1 N–H and O–H groups in total. The van der Waals surface area contributed by atoms with Crippen molar-refractivity contribution in [3.8, 4) is 17.2 Å². The van der Waals surface area contributed by atoms with E-state index in [0.717, 1.165) is 30.4 Å². The predicted octanol–water partition coefficient (Wildman–Crippen LogP) is 4.48. The monoisotopic (exact) mass is 410 g/mol. The van der Waals surface area contributed by atoms with Crippen LogP contribution in [-0.2, 0) is 11.0 Å². The number of amidine groups is 1. The summed E-state index contributed by atoms with van der Waals surface area (Å²) in [4.78, 5) is 16.3. The number of carbonyl (C=O) groups is 1. The molecule has 0 bridgehead atoms. The number of alkyl halides is 3. The molecule has 2 aromatic carbocycles. The van der Waals surface area contributed by atoms with E-state index in [1.54, 1.807) is 31.2 Å². The Hall–Kier alpha value is -2.68. The third-order valence-corrected chi connectivity index (χ3v) is 4.73. The molecule has 0 spiro atoms. The van der Waals surface area contributed by atoms with E-state index in [1.165, 1.54) is 12.1 Å². The summed E-state index contributed by atoms with van der Waals surface area (Å²) in [5.41, 5.74) is -0.737. The molecule has 1 atom stereocenters. The summed E-state index contributed by atoms with van der Waals surface area (Å²) < 4.78 is 48.9. The summed E-state index contributed by atoms with van der Waals surface area (Å²) in [5.74, 6) is 1.19. The Morgan fingerprint density at radius 1 is 1.07 bits per heavy atom. The minimum Gasteiger partial charge on any atom is -0.482 e. The second-order valence-corrected chi connectivity index (χ2v) is 6.88. The van der Waals surface area contributed by atoms with Gasteiger partial charge in [-0.3, -0.25) is 9.79 Å². The Morgan fingerprint density at radius 3 is 2.18 bits per heavy atom. The first-order valence-corrected chi connectivity index (χ1v) is 9.25. The first-order chi connectivity index (χ1) is 13.3. The number of thioether (sulfide) groups is 1. The maximum atomic E-state index is 12.6. The summed E-state index contributed by atoms with van der Waals surface area (Å²) in [5, 5.41) is 3.44. The van der Waals surface area contributed by atoms with Gasteiger partial charge in [0.15, 0.2) is 11.3 Å². The third kappa shape index (κ3) is 5.41. The molecular weight excluding hydrogens is 393 g/mol. The second-order valence-electron chi connectivity index (χ2n) is 5.89. The van der Waals surface area contributed by atoms with E-state index < -0.39 is 17.8 Å². The molecule has 0 amide bonds. The maximum Gasteiger partial charge on any atom is 0.416 e. The zero-order valence-electron chi connectivity index (χ0n) is 14.8. The van der Waals surface area contributed by atoms with Crippen LogP contribution in [0.2, 0.25) is 0 Å². The highest BCUT2D eigenvalue weighted by Gasteiger charge is 2.30. The van der Waals surface area contributed by atoms with Crippen LogP contribution in [-0.4, -0.2) is 29.5 Å². The number of halogens is 3. The van der Waals surface area contributed by atoms with Crippen molar-refractivity contribution < 1.29 is 27.4 Å². The molecule has 0 radical (unpaired) electrons. The number of ether oxygens (including phenoxy) is 2. The molecule has 0 fully saturated rings. The van der Waals surface area contributed by atoms with Crippen LogP contribution >= 0.6 is 11.8 Å². The number of benzene rings is 2. The fourth-order valence-corrected chi connectivity index (χ4v) is 3.04. The standard InChI is InChI=1S/C19H17F3N2O3S/c1-12(17(25)28-18-23-10-11-24-18)26-14-6-8-16(9-7-14)27-15-4-2-13(3-5-15)19(20,21)22/h2-9,12H,10-11H2,1H3,(H,23,24). The third-order valence-electron chi connectivity index (χ3n) is 3.73. The summed E-state index contributed by atoms with van der Waals surface area (Å²) in [7, 11) is 0. The van der Waals surface area contributed by atoms with Crippen molar-refractivity contribution in [2.45, 2.75) is 19.2 Å². The molecule has 0 aromatic heterocycles. The first kappa shape index (κ1) is 20.1. The van der Waals surface area contributed by atoms with Crippen molar-refractivity contribution in [2.75, 3.05) is 13.1 Å². The highest BCUT2D eigenvalue weighted by molar-refractivity contribution is 8.26. The zero-order valence-corrected chi connectivity index (χ0v) is 15.6. The van der Waals surface area contributed by atoms with Crippen molar-refractivity contribution in [1.82, 2.24) is 5.32 Å². The van der Waals surface area contributed by atoms with Crippen LogP contribution in [0.5, 0.6) is 17.2 Å². The Morgan fingerprint density at radius 2 is 1.64 bits per heavy atom. The molecule has 0 saturated heterocycles. The lowest BCUT2D eigenvalue weighted by Gasteiger charge is -2.14. The molecule has 5 nitrogen and oxygen atoms in total. The fraction of sp³-hybridized carbons (Fsp3) is 0.263. The molecule has 2 aromatic rings. The number of carbonyl (C=O) groups excluding carboxylic acids is 1. The van der Waals surface area contributed by atoms with Crippen LogP contribution < -0.4 is 14.8 Å². The van der Waals surface area contributed by atoms with Crippen LogP contribution in [0.3, 0.4) is 0 Å². The van der Waals surface area contributed by atoms with Gasteiger partial charge in [0, 0.05) is 6.54 Å². The second kappa shape index (κ2) is 8.55. The molecule has 0 aliphatic carbocycles. The van der Waals surface area contributed by atoms with E-state index >= 15 is 0 Å². The van der Waals surface area contributed by atoms with Crippen molar-refractivity contribution in [1.29, 1.82) is 0 Å². The van der Waals surface area contributed by atoms with Crippen molar-refractivity contribution in [2.24, 2.45) is 4.99 Å². The van der Waals surface area contributed by atoms with Crippen molar-refractivity contribution in [3.63, 3.8) is 0 Å². The summed E-state index contributed by atoms with van der Waals surface area (Å²) in [6.07, 6.45) is -5.05. The largest absolute Gasteiger partial charge is 0.482 e. The van der Waals surface area contributed by atoms with Gasteiger partial charge in [-0.15, -0.1) is 0 Å². The topological polar surface area (TPSA) is 59.9 Å². The number of nitrogens with zero attached hydrogens (tertiary/aromatic N) is 1. The number of rotatable bonds is 5. The number of hydrogen-bond donors (Lipinski definition) is 1. The smallest absolute Gasteiger partial charge is 0.416 e. The van der Waals surface area contributed by atoms with E-state index in [9.17, 15) is 18.0 Å². The molecule has 1 unspecified atom stereocenters. The van der Waals surface area contributed by atoms with Crippen LogP contribution in [0.15, 0.2) is 53.5 Å². The first-order valence-electron chi connectivity index (χ1n) is 8.43. The van der Waals surface area contributed by atoms with Gasteiger partial charge in [-0.2, -0.15) is 13.2 Å². The molecule has 148 valence electrons. The quantitative estimate of drug-likeness (QED) is 0.787. The number of nitrogens with one attached hydrogen (secondary N) is 1. The van der Waals surface area contributed by atoms with Crippen LogP contribution in [0.4, 0.5) is 13.2 Å². The average molecular weight is 410 g/mol. The van der Waals surface area contributed by atoms with Gasteiger partial charge in [-0.25, -0.2) is 0 Å². The van der Waals surface area contributed by atoms with Gasteiger partial charge in [0.2, 0.25) is 5.12 Å². The number of aliphatic imine (C=N–C) groups is 1. The normalized spacial score (nSPS) is 14.8. The van der Waals surface area contributed by atoms with Crippen molar-refractivity contribution in [3.05, 3.63) is 54.1 Å². The Kier molecular flexibility index (Phi) is 6.13. The Labute approximate surface area is 163 Å². The van der Waals surface area contributed by atoms with Gasteiger partial charge in [-0.1, -0.05) is 0 Å². The van der Waals surface area contributed by atoms with Crippen molar-refractivity contribution >= 4 is 22.0 Å². The molecular formula is C19H17F3N2O3S. The maximum absolute atomic E-state index is 12.6. The molecule has 28 heavy (non-hydrogen) atoms. The zero-order chi connectivity index (χ0) is 20.1. The van der Waals surface area contributed by atoms with Crippen LogP contribution in [0, 0.1) is 0 Å². The van der Waals surface area contributed by atoms with E-state index in [4.69, 9.17) is 9.47 Å². The summed E-state index contributed by atoms with van der Waals surface area (Å²) in [6, 6.07) is 10.9. The molecule has 9 heteroatoms. The number of hydrogen-bond acceptors (Lipinski definition) is 6. The molecule has 3 rings (SSSR count). The fourth-order valence-electron chi connectivity index (χ4n) is 2.31. The van der Waals surface area contributed by atoms with E-state index in [2.05, 4.69) is 10.3 Å². The Balaban J connectivity index is 1.55. The van der Waals surface area contributed by atoms with Crippen LogP contribution in [0.1, 0.15) is 12.5 Å². The van der Waals surface area contributed by atoms with Gasteiger partial charge >= 0.3 is 6.18 Å². The lowest BCUT2D eigenvalue weighted by Crippen LogP contribution is -2.25. The summed E-state index contributed by atoms with van der Waals surface area (Å²) in [6.45, 7) is 3.04. The minimum absolute atomic E-state index is 0.168. The molecule has 0 saturated carbocycles. The predicted molar refractivity (Wildman–Crippen MR) is 101 cm³/mol. The lowest BCUT2D eigenvalue weighted by molar-refractivity contribution is -0.137. The van der Waals surface area contributed by atoms with E-state index in [1.807, 2.05) is 0 Å². The average Bonchev–Trinajstić information content (AvgIpc) is 3.16. The van der Waals surface area contributed by atoms with Gasteiger partial charge in [0.25, 0.3) is 0 Å². The van der Waals surface area contributed by atoms with Gasteiger partial charge in [-0.05, 0) is 67.2 Å². The molecule has 1 heterocycles. The lowest BCUT2D eigenvalue weighted by atomic mass is 10.2. The molecule has 1 aliphatic rings. The highest BCUT2D eigenvalue weighted by atomic mass is 32.2. The van der Waals surface area contributed by atoms with Gasteiger partial charge in [0.1, 0.15) is 17.2 Å². The van der Waals surface area contributed by atoms with Gasteiger partial charge in [0.05, 0.1) is 12.1 Å². The van der Waals surface area contributed by atoms with E-state index in [-0.39, 0.29) is 10.9 Å². The minimum atomic E-state index is -4.38. The van der Waals surface area contributed by atoms with E-state index in [0.29, 0.717) is 23.2 Å². The van der Waals surface area contributed by atoms with Gasteiger partial charge < -0.3 is 14.8 Å². The van der Waals surface area contributed by atoms with Crippen LogP contribution in [0.25, 0.3) is 0 Å². The SMILES string of the molecule is CC(Oc1ccc(Oc2ccc(C(F)(F)F)cc2)cc1)C(=O)SC1=NCCN1. The summed E-state index contributed by atoms with van der Waals surface area (Å²) >= 11 is 1.01. The highest BCUT2D eigenvalue weighted by Crippen LogP contribution is 2.31. The Bertz CT molecular complexity index is 852. The molecule has 1 aliphatic heterocycles.